The molecule has 2 heterocycles. The molecule has 2 aromatic heterocycles. The van der Waals surface area contributed by atoms with Gasteiger partial charge in [0.05, 0.1) is 5.69 Å². The van der Waals surface area contributed by atoms with Gasteiger partial charge in [0.2, 0.25) is 0 Å². The molecule has 0 bridgehead atoms. The molecule has 0 aliphatic heterocycles. The highest BCUT2D eigenvalue weighted by Gasteiger charge is 2.16. The van der Waals surface area contributed by atoms with Gasteiger partial charge >= 0.3 is 5.69 Å². The number of aromatic nitrogens is 4. The van der Waals surface area contributed by atoms with Gasteiger partial charge in [-0.1, -0.05) is 25.1 Å². The SMILES string of the molecule is CCCn1c(=O)c2[nH]c(C)nc2n(-c2ccccc2)c1=O. The third-order valence-corrected chi connectivity index (χ3v) is 3.36. The number of hydrogen-bond donors (Lipinski definition) is 1. The predicted octanol–water partition coefficient (Wildman–Crippen LogP) is 1.59. The Morgan fingerprint density at radius 1 is 1.19 bits per heavy atom. The first-order valence-electron chi connectivity index (χ1n) is 6.91. The van der Waals surface area contributed by atoms with Crippen molar-refractivity contribution in [1.29, 1.82) is 0 Å². The van der Waals surface area contributed by atoms with Gasteiger partial charge in [-0.25, -0.2) is 14.3 Å². The van der Waals surface area contributed by atoms with E-state index >= 15 is 0 Å². The number of aryl methyl sites for hydroxylation is 1. The highest BCUT2D eigenvalue weighted by molar-refractivity contribution is 5.72. The molecule has 0 saturated carbocycles. The second kappa shape index (κ2) is 5.05. The molecular weight excluding hydrogens is 268 g/mol. The van der Waals surface area contributed by atoms with Gasteiger partial charge in [0.25, 0.3) is 5.56 Å². The highest BCUT2D eigenvalue weighted by Crippen LogP contribution is 2.11. The topological polar surface area (TPSA) is 72.7 Å². The van der Waals surface area contributed by atoms with Crippen LogP contribution in [-0.2, 0) is 6.54 Å². The summed E-state index contributed by atoms with van der Waals surface area (Å²) < 4.78 is 2.74. The molecule has 1 N–H and O–H groups in total. The Morgan fingerprint density at radius 3 is 2.57 bits per heavy atom. The van der Waals surface area contributed by atoms with Crippen molar-refractivity contribution >= 4 is 11.2 Å². The Bertz CT molecular complexity index is 903. The van der Waals surface area contributed by atoms with E-state index in [0.717, 1.165) is 0 Å². The van der Waals surface area contributed by atoms with Gasteiger partial charge in [-0.05, 0) is 25.5 Å². The van der Waals surface area contributed by atoms with E-state index < -0.39 is 0 Å². The van der Waals surface area contributed by atoms with Crippen molar-refractivity contribution in [3.05, 3.63) is 57.0 Å². The van der Waals surface area contributed by atoms with Crippen molar-refractivity contribution < 1.29 is 0 Å². The van der Waals surface area contributed by atoms with Crippen LogP contribution in [0.15, 0.2) is 39.9 Å². The van der Waals surface area contributed by atoms with E-state index in [1.165, 1.54) is 9.13 Å². The molecule has 3 rings (SSSR count). The molecule has 0 saturated heterocycles. The number of para-hydroxylation sites is 1. The lowest BCUT2D eigenvalue weighted by atomic mass is 10.3. The molecule has 0 spiro atoms. The van der Waals surface area contributed by atoms with Crippen LogP contribution in [0, 0.1) is 6.92 Å². The van der Waals surface area contributed by atoms with Crippen LogP contribution in [0.5, 0.6) is 0 Å². The fourth-order valence-corrected chi connectivity index (χ4v) is 2.45. The van der Waals surface area contributed by atoms with Gasteiger partial charge in [0.15, 0.2) is 11.2 Å². The van der Waals surface area contributed by atoms with Crippen LogP contribution in [-0.4, -0.2) is 19.1 Å². The second-order valence-electron chi connectivity index (χ2n) is 4.93. The molecule has 6 heteroatoms. The summed E-state index contributed by atoms with van der Waals surface area (Å²) in [6, 6.07) is 9.23. The summed E-state index contributed by atoms with van der Waals surface area (Å²) in [7, 11) is 0. The van der Waals surface area contributed by atoms with Crippen LogP contribution in [0.25, 0.3) is 16.9 Å². The van der Waals surface area contributed by atoms with Crippen molar-refractivity contribution in [3.8, 4) is 5.69 Å². The summed E-state index contributed by atoms with van der Waals surface area (Å²) >= 11 is 0. The average molecular weight is 284 g/mol. The van der Waals surface area contributed by atoms with Crippen LogP contribution in [0.3, 0.4) is 0 Å². The van der Waals surface area contributed by atoms with E-state index in [9.17, 15) is 9.59 Å². The van der Waals surface area contributed by atoms with Gasteiger partial charge < -0.3 is 4.98 Å². The maximum absolute atomic E-state index is 12.7. The van der Waals surface area contributed by atoms with E-state index in [0.29, 0.717) is 35.6 Å². The smallest absolute Gasteiger partial charge is 0.336 e. The van der Waals surface area contributed by atoms with Crippen LogP contribution >= 0.6 is 0 Å². The minimum atomic E-state index is -0.355. The molecule has 0 radical (unpaired) electrons. The van der Waals surface area contributed by atoms with E-state index in [1.54, 1.807) is 6.92 Å². The molecule has 3 aromatic rings. The number of nitrogens with zero attached hydrogens (tertiary/aromatic N) is 3. The summed E-state index contributed by atoms with van der Waals surface area (Å²) in [5.74, 6) is 0.612. The standard InChI is InChI=1S/C15H16N4O2/c1-3-9-18-14(20)12-13(17-10(2)16-12)19(15(18)21)11-7-5-4-6-8-11/h4-8H,3,9H2,1-2H3,(H,16,17). The summed E-state index contributed by atoms with van der Waals surface area (Å²) in [6.45, 7) is 4.09. The predicted molar refractivity (Wildman–Crippen MR) is 81.0 cm³/mol. The first-order chi connectivity index (χ1) is 10.1. The first kappa shape index (κ1) is 13.4. The monoisotopic (exact) mass is 284 g/mol. The van der Waals surface area contributed by atoms with Crippen LogP contribution in [0.1, 0.15) is 19.2 Å². The van der Waals surface area contributed by atoms with Gasteiger partial charge in [0.1, 0.15) is 5.82 Å². The quantitative estimate of drug-likeness (QED) is 0.794. The number of hydrogen-bond acceptors (Lipinski definition) is 3. The van der Waals surface area contributed by atoms with Crippen LogP contribution < -0.4 is 11.2 Å². The Labute approximate surface area is 120 Å². The number of H-pyrrole nitrogens is 1. The molecule has 1 aromatic carbocycles. The normalized spacial score (nSPS) is 11.1. The van der Waals surface area contributed by atoms with Gasteiger partial charge in [-0.2, -0.15) is 0 Å². The molecule has 0 amide bonds. The minimum absolute atomic E-state index is 0.315. The Hall–Kier alpha value is -2.63. The largest absolute Gasteiger partial charge is 0.337 e. The Balaban J connectivity index is 2.48. The summed E-state index contributed by atoms with van der Waals surface area (Å²) in [4.78, 5) is 32.4. The zero-order valence-electron chi connectivity index (χ0n) is 12.0. The highest BCUT2D eigenvalue weighted by atomic mass is 16.2. The fourth-order valence-electron chi connectivity index (χ4n) is 2.45. The fraction of sp³-hybridized carbons (Fsp3) is 0.267. The second-order valence-corrected chi connectivity index (χ2v) is 4.93. The molecule has 0 aliphatic rings. The van der Waals surface area contributed by atoms with Crippen LogP contribution in [0.2, 0.25) is 0 Å². The van der Waals surface area contributed by atoms with Crippen molar-refractivity contribution in [3.63, 3.8) is 0 Å². The summed E-state index contributed by atoms with van der Waals surface area (Å²) in [6.07, 6.45) is 0.711. The number of aromatic amines is 1. The van der Waals surface area contributed by atoms with Crippen molar-refractivity contribution in [2.24, 2.45) is 0 Å². The van der Waals surface area contributed by atoms with Gasteiger partial charge in [-0.15, -0.1) is 0 Å². The maximum atomic E-state index is 12.7. The van der Waals surface area contributed by atoms with E-state index in [4.69, 9.17) is 0 Å². The molecule has 6 nitrogen and oxygen atoms in total. The minimum Gasteiger partial charge on any atom is -0.336 e. The van der Waals surface area contributed by atoms with E-state index in [2.05, 4.69) is 9.97 Å². The van der Waals surface area contributed by atoms with Gasteiger partial charge in [-0.3, -0.25) is 9.36 Å². The number of imidazole rings is 1. The lowest BCUT2D eigenvalue weighted by Gasteiger charge is -2.10. The summed E-state index contributed by atoms with van der Waals surface area (Å²) in [5, 5.41) is 0. The van der Waals surface area contributed by atoms with Crippen LogP contribution in [0.4, 0.5) is 0 Å². The lowest BCUT2D eigenvalue weighted by Crippen LogP contribution is -2.39. The van der Waals surface area contributed by atoms with E-state index in [-0.39, 0.29) is 11.2 Å². The number of fused-ring (bicyclic) bond motifs is 1. The number of benzene rings is 1. The molecule has 0 atom stereocenters. The van der Waals surface area contributed by atoms with Crippen molar-refractivity contribution in [2.75, 3.05) is 0 Å². The third kappa shape index (κ3) is 2.08. The van der Waals surface area contributed by atoms with E-state index in [1.807, 2.05) is 37.3 Å². The molecule has 0 unspecified atom stereocenters. The van der Waals surface area contributed by atoms with Crippen molar-refractivity contribution in [1.82, 2.24) is 19.1 Å². The average Bonchev–Trinajstić information content (AvgIpc) is 2.86. The molecule has 0 aliphatic carbocycles. The Kier molecular flexibility index (Phi) is 3.21. The Morgan fingerprint density at radius 2 is 1.90 bits per heavy atom. The lowest BCUT2D eigenvalue weighted by molar-refractivity contribution is 0.607. The van der Waals surface area contributed by atoms with Crippen molar-refractivity contribution in [2.45, 2.75) is 26.8 Å². The molecule has 21 heavy (non-hydrogen) atoms. The third-order valence-electron chi connectivity index (χ3n) is 3.36. The molecule has 108 valence electrons. The molecule has 0 fully saturated rings. The van der Waals surface area contributed by atoms with Gasteiger partial charge in [0, 0.05) is 6.54 Å². The summed E-state index contributed by atoms with van der Waals surface area (Å²) in [5.41, 5.74) is 0.769. The molecular formula is C15H16N4O2. The zero-order valence-corrected chi connectivity index (χ0v) is 12.0. The number of nitrogens with one attached hydrogen (secondary N) is 1. The zero-order chi connectivity index (χ0) is 15.0. The first-order valence-corrected chi connectivity index (χ1v) is 6.91. The number of rotatable bonds is 3. The maximum Gasteiger partial charge on any atom is 0.337 e.